The fraction of sp³-hybridized carbons (Fsp3) is 0.538. The molecule has 96 valence electrons. The molecular weight excluding hydrogens is 236 g/mol. The minimum atomic E-state index is -0.877. The van der Waals surface area contributed by atoms with E-state index in [2.05, 4.69) is 0 Å². The summed E-state index contributed by atoms with van der Waals surface area (Å²) in [6.45, 7) is 2.70. The van der Waals surface area contributed by atoms with Crippen LogP contribution in [0.2, 0.25) is 0 Å². The zero-order valence-electron chi connectivity index (χ0n) is 10.2. The Morgan fingerprint density at radius 3 is 2.53 bits per heavy atom. The number of benzene rings is 1. The molecule has 17 heavy (non-hydrogen) atoms. The monoisotopic (exact) mass is 256 g/mol. The van der Waals surface area contributed by atoms with Crippen molar-refractivity contribution in [2.75, 3.05) is 24.7 Å². The molecule has 0 aromatic heterocycles. The highest BCUT2D eigenvalue weighted by molar-refractivity contribution is 7.84. The number of ether oxygens (including phenoxy) is 1. The zero-order chi connectivity index (χ0) is 12.5. The lowest BCUT2D eigenvalue weighted by Crippen LogP contribution is -2.07. The molecule has 0 amide bonds. The summed E-state index contributed by atoms with van der Waals surface area (Å²) in [5.74, 6) is 1.92. The van der Waals surface area contributed by atoms with Gasteiger partial charge < -0.3 is 9.84 Å². The van der Waals surface area contributed by atoms with Crippen molar-refractivity contribution >= 4 is 10.8 Å². The third-order valence-corrected chi connectivity index (χ3v) is 3.76. The van der Waals surface area contributed by atoms with Crippen molar-refractivity contribution < 1.29 is 14.1 Å². The van der Waals surface area contributed by atoms with E-state index < -0.39 is 10.8 Å². The Balaban J connectivity index is 2.08. The van der Waals surface area contributed by atoms with Gasteiger partial charge in [-0.25, -0.2) is 0 Å². The SMILES string of the molecule is Cc1ccc(OCCCCS(=O)CCO)cc1. The topological polar surface area (TPSA) is 46.5 Å². The largest absolute Gasteiger partial charge is 0.494 e. The third kappa shape index (κ3) is 6.44. The first-order valence-corrected chi connectivity index (χ1v) is 7.36. The van der Waals surface area contributed by atoms with Crippen molar-refractivity contribution in [3.8, 4) is 5.75 Å². The number of rotatable bonds is 8. The van der Waals surface area contributed by atoms with Crippen LogP contribution < -0.4 is 4.74 Å². The van der Waals surface area contributed by atoms with E-state index in [0.717, 1.165) is 18.6 Å². The molecule has 0 spiro atoms. The smallest absolute Gasteiger partial charge is 0.119 e. The van der Waals surface area contributed by atoms with E-state index in [4.69, 9.17) is 9.84 Å². The highest BCUT2D eigenvalue weighted by Crippen LogP contribution is 2.11. The summed E-state index contributed by atoms with van der Waals surface area (Å²) in [7, 11) is -0.877. The van der Waals surface area contributed by atoms with Crippen LogP contribution in [-0.4, -0.2) is 34.0 Å². The second-order valence-corrected chi connectivity index (χ2v) is 5.64. The van der Waals surface area contributed by atoms with Gasteiger partial charge in [0.05, 0.1) is 13.2 Å². The molecule has 0 saturated carbocycles. The van der Waals surface area contributed by atoms with Crippen LogP contribution in [0, 0.1) is 6.92 Å². The van der Waals surface area contributed by atoms with Gasteiger partial charge in [0, 0.05) is 22.3 Å². The Morgan fingerprint density at radius 2 is 1.88 bits per heavy atom. The molecule has 0 aliphatic heterocycles. The van der Waals surface area contributed by atoms with E-state index in [-0.39, 0.29) is 6.61 Å². The van der Waals surface area contributed by atoms with E-state index in [9.17, 15) is 4.21 Å². The van der Waals surface area contributed by atoms with Gasteiger partial charge in [0.25, 0.3) is 0 Å². The lowest BCUT2D eigenvalue weighted by Gasteiger charge is -2.06. The number of unbranched alkanes of at least 4 members (excludes halogenated alkanes) is 1. The van der Waals surface area contributed by atoms with Gasteiger partial charge in [-0.2, -0.15) is 0 Å². The molecule has 3 nitrogen and oxygen atoms in total. The van der Waals surface area contributed by atoms with Gasteiger partial charge in [0.1, 0.15) is 5.75 Å². The Bertz CT molecular complexity index is 335. The average molecular weight is 256 g/mol. The standard InChI is InChI=1S/C13H20O3S/c1-12-4-6-13(7-5-12)16-9-2-3-10-17(15)11-8-14/h4-7,14H,2-3,8-11H2,1H3. The lowest BCUT2D eigenvalue weighted by atomic mass is 10.2. The van der Waals surface area contributed by atoms with Crippen molar-refractivity contribution in [1.82, 2.24) is 0 Å². The molecule has 0 saturated heterocycles. The lowest BCUT2D eigenvalue weighted by molar-refractivity contribution is 0.309. The first-order chi connectivity index (χ1) is 8.22. The Labute approximate surface area is 105 Å². The highest BCUT2D eigenvalue weighted by atomic mass is 32.2. The van der Waals surface area contributed by atoms with E-state index in [0.29, 0.717) is 18.1 Å². The Hall–Kier alpha value is -0.870. The molecule has 1 unspecified atom stereocenters. The van der Waals surface area contributed by atoms with Gasteiger partial charge in [-0.3, -0.25) is 4.21 Å². The van der Waals surface area contributed by atoms with Crippen LogP contribution >= 0.6 is 0 Å². The predicted octanol–water partition coefficient (Wildman–Crippen LogP) is 1.90. The van der Waals surface area contributed by atoms with Crippen LogP contribution in [0.3, 0.4) is 0 Å². The van der Waals surface area contributed by atoms with E-state index in [1.165, 1.54) is 5.56 Å². The molecule has 1 rings (SSSR count). The number of hydrogen-bond donors (Lipinski definition) is 1. The number of aryl methyl sites for hydroxylation is 1. The van der Waals surface area contributed by atoms with E-state index in [1.54, 1.807) is 0 Å². The number of aliphatic hydroxyl groups is 1. The third-order valence-electron chi connectivity index (χ3n) is 2.38. The number of aliphatic hydroxyl groups excluding tert-OH is 1. The summed E-state index contributed by atoms with van der Waals surface area (Å²) in [6.07, 6.45) is 1.77. The van der Waals surface area contributed by atoms with Gasteiger partial charge in [-0.15, -0.1) is 0 Å². The highest BCUT2D eigenvalue weighted by Gasteiger charge is 1.99. The van der Waals surface area contributed by atoms with Crippen LogP contribution in [-0.2, 0) is 10.8 Å². The fourth-order valence-corrected chi connectivity index (χ4v) is 2.33. The molecule has 0 heterocycles. The molecule has 0 aliphatic rings. The average Bonchev–Trinajstić information content (AvgIpc) is 2.31. The molecule has 0 radical (unpaired) electrons. The van der Waals surface area contributed by atoms with Crippen LogP contribution in [0.4, 0.5) is 0 Å². The minimum absolute atomic E-state index is 0.00643. The summed E-state index contributed by atoms with van der Waals surface area (Å²) >= 11 is 0. The normalized spacial score (nSPS) is 12.4. The summed E-state index contributed by atoms with van der Waals surface area (Å²) < 4.78 is 16.8. The van der Waals surface area contributed by atoms with Gasteiger partial charge in [-0.05, 0) is 31.9 Å². The van der Waals surface area contributed by atoms with Gasteiger partial charge >= 0.3 is 0 Å². The van der Waals surface area contributed by atoms with Crippen molar-refractivity contribution in [2.45, 2.75) is 19.8 Å². The molecule has 1 atom stereocenters. The first-order valence-electron chi connectivity index (χ1n) is 5.87. The minimum Gasteiger partial charge on any atom is -0.494 e. The second-order valence-electron chi connectivity index (χ2n) is 3.94. The van der Waals surface area contributed by atoms with Gasteiger partial charge in [-0.1, -0.05) is 17.7 Å². The predicted molar refractivity (Wildman–Crippen MR) is 70.9 cm³/mol. The van der Waals surface area contributed by atoms with Crippen LogP contribution in [0.25, 0.3) is 0 Å². The van der Waals surface area contributed by atoms with Gasteiger partial charge in [0.2, 0.25) is 0 Å². The van der Waals surface area contributed by atoms with Crippen molar-refractivity contribution in [3.05, 3.63) is 29.8 Å². The summed E-state index contributed by atoms with van der Waals surface area (Å²) in [6, 6.07) is 7.95. The van der Waals surface area contributed by atoms with E-state index >= 15 is 0 Å². The van der Waals surface area contributed by atoms with Crippen molar-refractivity contribution in [1.29, 1.82) is 0 Å². The maximum absolute atomic E-state index is 11.2. The second kappa shape index (κ2) is 8.25. The molecule has 1 N–H and O–H groups in total. The van der Waals surface area contributed by atoms with Crippen LogP contribution in [0.5, 0.6) is 5.75 Å². The molecular formula is C13H20O3S. The van der Waals surface area contributed by atoms with Crippen LogP contribution in [0.1, 0.15) is 18.4 Å². The molecule has 1 aromatic carbocycles. The summed E-state index contributed by atoms with van der Waals surface area (Å²) in [5, 5.41) is 8.59. The zero-order valence-corrected chi connectivity index (χ0v) is 11.0. The Kier molecular flexibility index (Phi) is 6.89. The number of hydrogen-bond acceptors (Lipinski definition) is 3. The maximum atomic E-state index is 11.2. The Morgan fingerprint density at radius 1 is 1.18 bits per heavy atom. The molecule has 0 fully saturated rings. The van der Waals surface area contributed by atoms with Crippen LogP contribution in [0.15, 0.2) is 24.3 Å². The molecule has 1 aromatic rings. The van der Waals surface area contributed by atoms with E-state index in [1.807, 2.05) is 31.2 Å². The van der Waals surface area contributed by atoms with Crippen molar-refractivity contribution in [3.63, 3.8) is 0 Å². The quantitative estimate of drug-likeness (QED) is 0.723. The molecule has 4 heteroatoms. The van der Waals surface area contributed by atoms with Gasteiger partial charge in [0.15, 0.2) is 0 Å². The first kappa shape index (κ1) is 14.2. The molecule has 0 aliphatic carbocycles. The summed E-state index contributed by atoms with van der Waals surface area (Å²) in [5.41, 5.74) is 1.22. The maximum Gasteiger partial charge on any atom is 0.119 e. The molecule has 0 bridgehead atoms. The fourth-order valence-electron chi connectivity index (χ4n) is 1.39. The van der Waals surface area contributed by atoms with Crippen molar-refractivity contribution in [2.24, 2.45) is 0 Å². The summed E-state index contributed by atoms with van der Waals surface area (Å²) in [4.78, 5) is 0.